The maximum atomic E-state index is 12.3. The second-order valence-corrected chi connectivity index (χ2v) is 6.94. The average Bonchev–Trinajstić information content (AvgIpc) is 2.27. The van der Waals surface area contributed by atoms with Gasteiger partial charge in [0, 0.05) is 12.5 Å². The monoisotopic (exact) mass is 267 g/mol. The molecule has 1 aliphatic rings. The van der Waals surface area contributed by atoms with Crippen molar-refractivity contribution < 1.29 is 4.79 Å². The summed E-state index contributed by atoms with van der Waals surface area (Å²) >= 11 is 0. The van der Waals surface area contributed by atoms with E-state index in [2.05, 4.69) is 33.0 Å². The predicted molar refractivity (Wildman–Crippen MR) is 82.0 cm³/mol. The first-order chi connectivity index (χ1) is 9.02. The van der Waals surface area contributed by atoms with E-state index in [9.17, 15) is 4.79 Å². The molecule has 0 atom stereocenters. The maximum absolute atomic E-state index is 12.3. The van der Waals surface area contributed by atoms with Crippen LogP contribution in [0.1, 0.15) is 72.6 Å². The fourth-order valence-corrected chi connectivity index (χ4v) is 3.32. The maximum Gasteiger partial charge on any atom is 0.223 e. The van der Waals surface area contributed by atoms with Crippen molar-refractivity contribution in [3.63, 3.8) is 0 Å². The van der Waals surface area contributed by atoms with Gasteiger partial charge in [0.25, 0.3) is 0 Å². The van der Waals surface area contributed by atoms with Gasteiger partial charge in [0.1, 0.15) is 0 Å². The molecule has 1 amide bonds. The quantitative estimate of drug-likeness (QED) is 0.786. The fourth-order valence-electron chi connectivity index (χ4n) is 3.32. The molecule has 19 heavy (non-hydrogen) atoms. The Bertz CT molecular complexity index is 244. The molecule has 1 fully saturated rings. The predicted octanol–water partition coefficient (Wildman–Crippen LogP) is 4.39. The Labute approximate surface area is 119 Å². The Morgan fingerprint density at radius 1 is 0.947 bits per heavy atom. The third-order valence-corrected chi connectivity index (χ3v) is 4.70. The minimum Gasteiger partial charge on any atom is -0.356 e. The normalized spacial score (nSPS) is 18.7. The number of hydrogen-bond acceptors (Lipinski definition) is 1. The number of amides is 1. The summed E-state index contributed by atoms with van der Waals surface area (Å²) in [6.07, 6.45) is 8.64. The highest BCUT2D eigenvalue weighted by molar-refractivity contribution is 5.78. The zero-order chi connectivity index (χ0) is 14.3. The van der Waals surface area contributed by atoms with Gasteiger partial charge in [-0.15, -0.1) is 0 Å². The molecule has 112 valence electrons. The lowest BCUT2D eigenvalue weighted by Gasteiger charge is -2.26. The van der Waals surface area contributed by atoms with E-state index in [1.807, 2.05) is 0 Å². The third kappa shape index (κ3) is 5.97. The van der Waals surface area contributed by atoms with Gasteiger partial charge in [-0.05, 0) is 30.6 Å². The molecular weight excluding hydrogens is 234 g/mol. The topological polar surface area (TPSA) is 29.1 Å². The molecule has 0 radical (unpaired) electrons. The van der Waals surface area contributed by atoms with Crippen LogP contribution < -0.4 is 5.32 Å². The van der Waals surface area contributed by atoms with Crippen molar-refractivity contribution in [3.05, 3.63) is 0 Å². The van der Waals surface area contributed by atoms with Crippen LogP contribution in [0.2, 0.25) is 0 Å². The molecule has 0 bridgehead atoms. The van der Waals surface area contributed by atoms with Crippen molar-refractivity contribution in [2.75, 3.05) is 6.54 Å². The first kappa shape index (κ1) is 16.5. The van der Waals surface area contributed by atoms with Crippen molar-refractivity contribution in [2.24, 2.45) is 23.7 Å². The van der Waals surface area contributed by atoms with Crippen molar-refractivity contribution in [1.29, 1.82) is 0 Å². The lowest BCUT2D eigenvalue weighted by molar-refractivity contribution is -0.125. The first-order valence-electron chi connectivity index (χ1n) is 8.30. The largest absolute Gasteiger partial charge is 0.356 e. The summed E-state index contributed by atoms with van der Waals surface area (Å²) in [4.78, 5) is 12.3. The highest BCUT2D eigenvalue weighted by Crippen LogP contribution is 2.23. The van der Waals surface area contributed by atoms with E-state index in [1.54, 1.807) is 0 Å². The first-order valence-corrected chi connectivity index (χ1v) is 8.30. The smallest absolute Gasteiger partial charge is 0.223 e. The van der Waals surface area contributed by atoms with E-state index in [0.29, 0.717) is 23.7 Å². The molecule has 2 heteroatoms. The van der Waals surface area contributed by atoms with Crippen LogP contribution in [0.3, 0.4) is 0 Å². The molecule has 0 aliphatic heterocycles. The Balaban J connectivity index is 2.39. The lowest BCUT2D eigenvalue weighted by atomic mass is 9.85. The van der Waals surface area contributed by atoms with Crippen LogP contribution in [0.25, 0.3) is 0 Å². The van der Waals surface area contributed by atoms with Crippen molar-refractivity contribution in [3.8, 4) is 0 Å². The summed E-state index contributed by atoms with van der Waals surface area (Å²) in [7, 11) is 0. The molecule has 0 unspecified atom stereocenters. The summed E-state index contributed by atoms with van der Waals surface area (Å²) in [6, 6.07) is 0. The van der Waals surface area contributed by atoms with Gasteiger partial charge in [0.05, 0.1) is 0 Å². The molecule has 0 aromatic rings. The van der Waals surface area contributed by atoms with Gasteiger partial charge in [0.2, 0.25) is 5.91 Å². The van der Waals surface area contributed by atoms with Crippen LogP contribution in [0, 0.1) is 23.7 Å². The SMILES string of the molecule is CC(C)C(CNC(=O)C1CCCCCCC1)C(C)C. The lowest BCUT2D eigenvalue weighted by Crippen LogP contribution is -2.37. The van der Waals surface area contributed by atoms with E-state index in [-0.39, 0.29) is 5.92 Å². The minimum atomic E-state index is 0.278. The Hall–Kier alpha value is -0.530. The second kappa shape index (κ2) is 8.60. The Morgan fingerprint density at radius 3 is 1.89 bits per heavy atom. The molecule has 0 saturated heterocycles. The number of carbonyl (C=O) groups is 1. The van der Waals surface area contributed by atoms with Gasteiger partial charge >= 0.3 is 0 Å². The zero-order valence-electron chi connectivity index (χ0n) is 13.4. The Morgan fingerprint density at radius 2 is 1.42 bits per heavy atom. The van der Waals surface area contributed by atoms with Crippen LogP contribution in [0.5, 0.6) is 0 Å². The Kier molecular flexibility index (Phi) is 7.48. The highest BCUT2D eigenvalue weighted by Gasteiger charge is 2.22. The molecule has 0 aromatic carbocycles. The summed E-state index contributed by atoms with van der Waals surface area (Å²) in [5, 5.41) is 3.22. The minimum absolute atomic E-state index is 0.278. The molecular formula is C17H33NO. The molecule has 1 saturated carbocycles. The standard InChI is InChI=1S/C17H33NO/c1-13(2)16(14(3)4)12-18-17(19)15-10-8-6-5-7-9-11-15/h13-16H,5-12H2,1-4H3,(H,18,19). The summed E-state index contributed by atoms with van der Waals surface area (Å²) in [6.45, 7) is 9.88. The molecule has 1 rings (SSSR count). The number of hydrogen-bond donors (Lipinski definition) is 1. The van der Waals surface area contributed by atoms with E-state index < -0.39 is 0 Å². The molecule has 1 aliphatic carbocycles. The molecule has 0 aromatic heterocycles. The van der Waals surface area contributed by atoms with E-state index >= 15 is 0 Å². The number of rotatable bonds is 5. The van der Waals surface area contributed by atoms with Crippen molar-refractivity contribution in [1.82, 2.24) is 5.32 Å². The molecule has 1 N–H and O–H groups in total. The van der Waals surface area contributed by atoms with Gasteiger partial charge in [-0.1, -0.05) is 59.8 Å². The summed E-state index contributed by atoms with van der Waals surface area (Å²) in [5.74, 6) is 2.46. The molecule has 2 nitrogen and oxygen atoms in total. The summed E-state index contributed by atoms with van der Waals surface area (Å²) < 4.78 is 0. The van der Waals surface area contributed by atoms with Crippen LogP contribution in [0.4, 0.5) is 0 Å². The highest BCUT2D eigenvalue weighted by atomic mass is 16.1. The van der Waals surface area contributed by atoms with Gasteiger partial charge < -0.3 is 5.32 Å². The third-order valence-electron chi connectivity index (χ3n) is 4.70. The average molecular weight is 267 g/mol. The van der Waals surface area contributed by atoms with Crippen molar-refractivity contribution >= 4 is 5.91 Å². The van der Waals surface area contributed by atoms with Crippen LogP contribution >= 0.6 is 0 Å². The van der Waals surface area contributed by atoms with Crippen LogP contribution in [0.15, 0.2) is 0 Å². The van der Waals surface area contributed by atoms with Crippen molar-refractivity contribution in [2.45, 2.75) is 72.6 Å². The summed E-state index contributed by atoms with van der Waals surface area (Å²) in [5.41, 5.74) is 0. The van der Waals surface area contributed by atoms with E-state index in [1.165, 1.54) is 32.1 Å². The molecule has 0 spiro atoms. The van der Waals surface area contributed by atoms with Crippen LogP contribution in [-0.4, -0.2) is 12.5 Å². The fraction of sp³-hybridized carbons (Fsp3) is 0.941. The van der Waals surface area contributed by atoms with E-state index in [4.69, 9.17) is 0 Å². The van der Waals surface area contributed by atoms with Crippen LogP contribution in [-0.2, 0) is 4.79 Å². The van der Waals surface area contributed by atoms with Gasteiger partial charge in [-0.3, -0.25) is 4.79 Å². The van der Waals surface area contributed by atoms with E-state index in [0.717, 1.165) is 19.4 Å². The number of nitrogens with one attached hydrogen (secondary N) is 1. The zero-order valence-corrected chi connectivity index (χ0v) is 13.4. The number of carbonyl (C=O) groups excluding carboxylic acids is 1. The van der Waals surface area contributed by atoms with Gasteiger partial charge in [-0.25, -0.2) is 0 Å². The second-order valence-electron chi connectivity index (χ2n) is 6.94. The van der Waals surface area contributed by atoms with Gasteiger partial charge in [-0.2, -0.15) is 0 Å². The van der Waals surface area contributed by atoms with Gasteiger partial charge in [0.15, 0.2) is 0 Å². The molecule has 0 heterocycles.